The number of halogens is 1. The first-order valence-corrected chi connectivity index (χ1v) is 8.49. The minimum atomic E-state index is -0.420. The zero-order chi connectivity index (χ0) is 17.6. The maximum atomic E-state index is 13.0. The van der Waals surface area contributed by atoms with Crippen LogP contribution in [-0.2, 0) is 22.6 Å². The molecule has 0 aliphatic carbocycles. The van der Waals surface area contributed by atoms with Crippen molar-refractivity contribution in [2.45, 2.75) is 31.8 Å². The Morgan fingerprint density at radius 3 is 2.48 bits per heavy atom. The van der Waals surface area contributed by atoms with Crippen LogP contribution in [0.4, 0.5) is 4.39 Å². The van der Waals surface area contributed by atoms with Crippen LogP contribution in [0.1, 0.15) is 24.0 Å². The van der Waals surface area contributed by atoms with E-state index in [1.54, 1.807) is 17.0 Å². The molecule has 0 unspecified atom stereocenters. The molecule has 1 atom stereocenters. The second-order valence-corrected chi connectivity index (χ2v) is 6.25. The molecule has 0 spiro atoms. The molecular formula is C20H21FN2O2. The Morgan fingerprint density at radius 2 is 1.76 bits per heavy atom. The predicted octanol–water partition coefficient (Wildman–Crippen LogP) is 2.68. The molecule has 1 N–H and O–H groups in total. The summed E-state index contributed by atoms with van der Waals surface area (Å²) in [5.74, 6) is -0.534. The second-order valence-electron chi connectivity index (χ2n) is 6.25. The third kappa shape index (κ3) is 4.44. The van der Waals surface area contributed by atoms with Gasteiger partial charge in [-0.05, 0) is 36.1 Å². The van der Waals surface area contributed by atoms with Crippen LogP contribution in [0.2, 0.25) is 0 Å². The second kappa shape index (κ2) is 7.92. The predicted molar refractivity (Wildman–Crippen MR) is 93.1 cm³/mol. The van der Waals surface area contributed by atoms with Gasteiger partial charge in [0.15, 0.2) is 0 Å². The third-order valence-corrected chi connectivity index (χ3v) is 4.45. The number of carbonyl (C=O) groups is 2. The molecule has 3 rings (SSSR count). The van der Waals surface area contributed by atoms with Gasteiger partial charge in [-0.25, -0.2) is 4.39 Å². The monoisotopic (exact) mass is 340 g/mol. The molecule has 1 heterocycles. The molecule has 1 aliphatic rings. The van der Waals surface area contributed by atoms with E-state index in [1.807, 2.05) is 30.3 Å². The van der Waals surface area contributed by atoms with E-state index < -0.39 is 6.04 Å². The minimum absolute atomic E-state index is 0.0935. The molecule has 1 fully saturated rings. The summed E-state index contributed by atoms with van der Waals surface area (Å²) in [5.41, 5.74) is 1.78. The van der Waals surface area contributed by atoms with Crippen LogP contribution >= 0.6 is 0 Å². The van der Waals surface area contributed by atoms with Gasteiger partial charge in [0.2, 0.25) is 11.8 Å². The summed E-state index contributed by atoms with van der Waals surface area (Å²) in [6.07, 6.45) is 1.68. The number of hydrogen-bond acceptors (Lipinski definition) is 2. The van der Waals surface area contributed by atoms with Gasteiger partial charge < -0.3 is 10.2 Å². The number of benzene rings is 2. The Balaban J connectivity index is 1.58. The number of rotatable bonds is 5. The molecule has 5 heteroatoms. The largest absolute Gasteiger partial charge is 0.350 e. The topological polar surface area (TPSA) is 49.4 Å². The van der Waals surface area contributed by atoms with Gasteiger partial charge in [0.05, 0.1) is 6.42 Å². The van der Waals surface area contributed by atoms with E-state index >= 15 is 0 Å². The van der Waals surface area contributed by atoms with Crippen molar-refractivity contribution in [1.29, 1.82) is 0 Å². The lowest BCUT2D eigenvalue weighted by molar-refractivity contribution is -0.138. The molecule has 1 aliphatic heterocycles. The van der Waals surface area contributed by atoms with Gasteiger partial charge in [-0.1, -0.05) is 42.5 Å². The Bertz CT molecular complexity index is 731. The molecule has 0 aromatic heterocycles. The number of nitrogens with one attached hydrogen (secondary N) is 1. The Hall–Kier alpha value is -2.69. The molecule has 25 heavy (non-hydrogen) atoms. The fourth-order valence-corrected chi connectivity index (χ4v) is 3.12. The molecular weight excluding hydrogens is 319 g/mol. The van der Waals surface area contributed by atoms with E-state index in [9.17, 15) is 14.0 Å². The van der Waals surface area contributed by atoms with Gasteiger partial charge in [-0.3, -0.25) is 9.59 Å². The highest BCUT2D eigenvalue weighted by Crippen LogP contribution is 2.19. The Labute approximate surface area is 146 Å². The lowest BCUT2D eigenvalue weighted by Crippen LogP contribution is -2.46. The first-order chi connectivity index (χ1) is 12.1. The van der Waals surface area contributed by atoms with Crippen LogP contribution in [0.5, 0.6) is 0 Å². The average Bonchev–Trinajstić information content (AvgIpc) is 3.12. The van der Waals surface area contributed by atoms with Crippen molar-refractivity contribution >= 4 is 11.8 Å². The molecule has 0 radical (unpaired) electrons. The van der Waals surface area contributed by atoms with Crippen LogP contribution in [0.25, 0.3) is 0 Å². The number of nitrogens with zero attached hydrogens (tertiary/aromatic N) is 1. The van der Waals surface area contributed by atoms with Crippen molar-refractivity contribution in [3.63, 3.8) is 0 Å². The summed E-state index contributed by atoms with van der Waals surface area (Å²) >= 11 is 0. The smallest absolute Gasteiger partial charge is 0.243 e. The zero-order valence-electron chi connectivity index (χ0n) is 14.0. The average molecular weight is 340 g/mol. The summed E-state index contributed by atoms with van der Waals surface area (Å²) in [6.45, 7) is 1.04. The van der Waals surface area contributed by atoms with Crippen LogP contribution in [0.3, 0.4) is 0 Å². The maximum absolute atomic E-state index is 13.0. The molecule has 130 valence electrons. The lowest BCUT2D eigenvalue weighted by atomic mass is 10.1. The van der Waals surface area contributed by atoms with E-state index in [-0.39, 0.29) is 24.1 Å². The standard InChI is InChI=1S/C20H21FN2O2/c21-17-10-8-15(9-11-17)13-19(24)23-12-4-7-18(23)20(25)22-14-16-5-2-1-3-6-16/h1-3,5-6,8-11,18H,4,7,12-14H2,(H,22,25)/t18-/m1/s1. The van der Waals surface area contributed by atoms with Crippen molar-refractivity contribution in [2.24, 2.45) is 0 Å². The highest BCUT2D eigenvalue weighted by Gasteiger charge is 2.33. The van der Waals surface area contributed by atoms with Crippen molar-refractivity contribution in [2.75, 3.05) is 6.54 Å². The number of likely N-dealkylation sites (tertiary alicyclic amines) is 1. The van der Waals surface area contributed by atoms with E-state index in [1.165, 1.54) is 12.1 Å². The lowest BCUT2D eigenvalue weighted by Gasteiger charge is -2.24. The first kappa shape index (κ1) is 17.1. The van der Waals surface area contributed by atoms with Gasteiger partial charge in [-0.15, -0.1) is 0 Å². The van der Waals surface area contributed by atoms with Crippen LogP contribution in [0.15, 0.2) is 54.6 Å². The number of hydrogen-bond donors (Lipinski definition) is 1. The molecule has 0 bridgehead atoms. The minimum Gasteiger partial charge on any atom is -0.350 e. The molecule has 2 aromatic rings. The highest BCUT2D eigenvalue weighted by molar-refractivity contribution is 5.89. The summed E-state index contributed by atoms with van der Waals surface area (Å²) in [5, 5.41) is 2.91. The fraction of sp³-hybridized carbons (Fsp3) is 0.300. The third-order valence-electron chi connectivity index (χ3n) is 4.45. The van der Waals surface area contributed by atoms with Crippen LogP contribution < -0.4 is 5.32 Å². The van der Waals surface area contributed by atoms with E-state index in [2.05, 4.69) is 5.32 Å². The normalized spacial score (nSPS) is 16.7. The summed E-state index contributed by atoms with van der Waals surface area (Å²) in [4.78, 5) is 26.7. The molecule has 2 aromatic carbocycles. The van der Waals surface area contributed by atoms with Crippen molar-refractivity contribution in [3.05, 3.63) is 71.5 Å². The van der Waals surface area contributed by atoms with Gasteiger partial charge in [-0.2, -0.15) is 0 Å². The first-order valence-electron chi connectivity index (χ1n) is 8.49. The Morgan fingerprint density at radius 1 is 1.04 bits per heavy atom. The quantitative estimate of drug-likeness (QED) is 0.910. The van der Waals surface area contributed by atoms with Gasteiger partial charge in [0.25, 0.3) is 0 Å². The Kier molecular flexibility index (Phi) is 5.43. The molecule has 4 nitrogen and oxygen atoms in total. The van der Waals surface area contributed by atoms with Gasteiger partial charge in [0, 0.05) is 13.1 Å². The van der Waals surface area contributed by atoms with E-state index in [0.29, 0.717) is 19.5 Å². The molecule has 1 saturated heterocycles. The van der Waals surface area contributed by atoms with Crippen molar-refractivity contribution < 1.29 is 14.0 Å². The van der Waals surface area contributed by atoms with Crippen molar-refractivity contribution in [1.82, 2.24) is 10.2 Å². The zero-order valence-corrected chi connectivity index (χ0v) is 14.0. The van der Waals surface area contributed by atoms with Gasteiger partial charge >= 0.3 is 0 Å². The van der Waals surface area contributed by atoms with E-state index in [0.717, 1.165) is 17.5 Å². The number of carbonyl (C=O) groups excluding carboxylic acids is 2. The maximum Gasteiger partial charge on any atom is 0.243 e. The fourth-order valence-electron chi connectivity index (χ4n) is 3.12. The molecule has 0 saturated carbocycles. The van der Waals surface area contributed by atoms with E-state index in [4.69, 9.17) is 0 Å². The molecule has 2 amide bonds. The highest BCUT2D eigenvalue weighted by atomic mass is 19.1. The number of amides is 2. The van der Waals surface area contributed by atoms with Crippen LogP contribution in [-0.4, -0.2) is 29.3 Å². The summed E-state index contributed by atoms with van der Waals surface area (Å²) in [6, 6.07) is 15.2. The van der Waals surface area contributed by atoms with Crippen LogP contribution in [0, 0.1) is 5.82 Å². The van der Waals surface area contributed by atoms with Crippen molar-refractivity contribution in [3.8, 4) is 0 Å². The SMILES string of the molecule is O=C(NCc1ccccc1)[C@H]1CCCN1C(=O)Cc1ccc(F)cc1. The summed E-state index contributed by atoms with van der Waals surface area (Å²) < 4.78 is 13.0. The van der Waals surface area contributed by atoms with Gasteiger partial charge in [0.1, 0.15) is 11.9 Å². The summed E-state index contributed by atoms with van der Waals surface area (Å²) in [7, 11) is 0.